The number of fused-ring (bicyclic) bond motifs is 1. The maximum absolute atomic E-state index is 12.7. The molecule has 0 atom stereocenters. The number of carbonyl (C=O) groups excluding carboxylic acids is 2. The molecule has 3 aromatic rings. The number of nitrogens with one attached hydrogen (secondary N) is 1. The summed E-state index contributed by atoms with van der Waals surface area (Å²) in [6, 6.07) is 14.4. The predicted octanol–water partition coefficient (Wildman–Crippen LogP) is 2.37. The summed E-state index contributed by atoms with van der Waals surface area (Å²) in [5, 5.41) is 11.3. The van der Waals surface area contributed by atoms with Crippen LogP contribution >= 0.6 is 0 Å². The number of aryl methyl sites for hydroxylation is 2. The van der Waals surface area contributed by atoms with E-state index < -0.39 is 0 Å². The fourth-order valence-electron chi connectivity index (χ4n) is 3.17. The maximum Gasteiger partial charge on any atom is 0.277 e. The highest BCUT2D eigenvalue weighted by Crippen LogP contribution is 2.13. The van der Waals surface area contributed by atoms with Crippen molar-refractivity contribution in [3.8, 4) is 0 Å². The van der Waals surface area contributed by atoms with Crippen molar-refractivity contribution in [1.82, 2.24) is 19.9 Å². The van der Waals surface area contributed by atoms with Crippen molar-refractivity contribution >= 4 is 28.4 Å². The van der Waals surface area contributed by atoms with Crippen LogP contribution in [0.3, 0.4) is 0 Å². The van der Waals surface area contributed by atoms with Crippen LogP contribution in [0, 0.1) is 6.92 Å². The topological polar surface area (TPSA) is 97.2 Å². The van der Waals surface area contributed by atoms with Gasteiger partial charge in [-0.1, -0.05) is 42.5 Å². The van der Waals surface area contributed by atoms with E-state index in [0.717, 1.165) is 17.7 Å². The SMILES string of the molecule is CCCN(CC(=O)Nc1ccccc1C)C(=O)CCn1nnc2ccccc2c1=O. The van der Waals surface area contributed by atoms with Crippen molar-refractivity contribution in [3.63, 3.8) is 0 Å². The zero-order chi connectivity index (χ0) is 21.5. The molecule has 0 saturated heterocycles. The Hall–Kier alpha value is -3.55. The lowest BCUT2D eigenvalue weighted by molar-refractivity contribution is -0.135. The highest BCUT2D eigenvalue weighted by atomic mass is 16.2. The van der Waals surface area contributed by atoms with Crippen molar-refractivity contribution in [2.24, 2.45) is 0 Å². The molecule has 0 spiro atoms. The number of para-hydroxylation sites is 1. The average molecular weight is 407 g/mol. The molecular weight excluding hydrogens is 382 g/mol. The van der Waals surface area contributed by atoms with Crippen LogP contribution in [0.4, 0.5) is 5.69 Å². The van der Waals surface area contributed by atoms with E-state index in [1.807, 2.05) is 38.1 Å². The summed E-state index contributed by atoms with van der Waals surface area (Å²) >= 11 is 0. The van der Waals surface area contributed by atoms with Crippen LogP contribution in [-0.2, 0) is 16.1 Å². The maximum atomic E-state index is 12.7. The molecule has 1 heterocycles. The van der Waals surface area contributed by atoms with Gasteiger partial charge in [0.05, 0.1) is 18.5 Å². The molecule has 0 aliphatic rings. The smallest absolute Gasteiger partial charge is 0.277 e. The van der Waals surface area contributed by atoms with Gasteiger partial charge < -0.3 is 10.2 Å². The number of anilines is 1. The zero-order valence-corrected chi connectivity index (χ0v) is 17.2. The highest BCUT2D eigenvalue weighted by molar-refractivity contribution is 5.95. The average Bonchev–Trinajstić information content (AvgIpc) is 2.74. The molecule has 1 aromatic heterocycles. The summed E-state index contributed by atoms with van der Waals surface area (Å²) < 4.78 is 1.19. The molecule has 8 nitrogen and oxygen atoms in total. The minimum atomic E-state index is -0.285. The molecule has 8 heteroatoms. The Balaban J connectivity index is 1.64. The van der Waals surface area contributed by atoms with Gasteiger partial charge in [-0.3, -0.25) is 14.4 Å². The zero-order valence-electron chi connectivity index (χ0n) is 17.2. The predicted molar refractivity (Wildman–Crippen MR) is 115 cm³/mol. The third kappa shape index (κ3) is 5.08. The van der Waals surface area contributed by atoms with Gasteiger partial charge in [-0.15, -0.1) is 5.10 Å². The van der Waals surface area contributed by atoms with Crippen LogP contribution in [0.2, 0.25) is 0 Å². The number of hydrogen-bond acceptors (Lipinski definition) is 5. The molecule has 0 bridgehead atoms. The Morgan fingerprint density at radius 2 is 1.83 bits per heavy atom. The van der Waals surface area contributed by atoms with Gasteiger partial charge in [-0.2, -0.15) is 0 Å². The van der Waals surface area contributed by atoms with E-state index in [-0.39, 0.29) is 36.9 Å². The molecule has 0 aliphatic carbocycles. The van der Waals surface area contributed by atoms with Crippen LogP contribution in [0.25, 0.3) is 10.9 Å². The molecule has 3 rings (SSSR count). The van der Waals surface area contributed by atoms with Crippen molar-refractivity contribution in [3.05, 3.63) is 64.4 Å². The van der Waals surface area contributed by atoms with Gasteiger partial charge in [0.2, 0.25) is 11.8 Å². The number of benzene rings is 2. The molecule has 2 amide bonds. The Bertz CT molecular complexity index is 1110. The Labute approximate surface area is 174 Å². The summed E-state index contributed by atoms with van der Waals surface area (Å²) in [5.41, 5.74) is 1.91. The van der Waals surface area contributed by atoms with E-state index in [1.54, 1.807) is 24.3 Å². The van der Waals surface area contributed by atoms with Crippen LogP contribution in [-0.4, -0.2) is 44.8 Å². The van der Waals surface area contributed by atoms with E-state index in [9.17, 15) is 14.4 Å². The lowest BCUT2D eigenvalue weighted by atomic mass is 10.2. The fourth-order valence-corrected chi connectivity index (χ4v) is 3.17. The molecule has 1 N–H and O–H groups in total. The van der Waals surface area contributed by atoms with Gasteiger partial charge in [0.1, 0.15) is 5.52 Å². The summed E-state index contributed by atoms with van der Waals surface area (Å²) in [6.45, 7) is 4.37. The van der Waals surface area contributed by atoms with Crippen molar-refractivity contribution in [2.75, 3.05) is 18.4 Å². The van der Waals surface area contributed by atoms with E-state index >= 15 is 0 Å². The lowest BCUT2D eigenvalue weighted by Gasteiger charge is -2.22. The Morgan fingerprint density at radius 1 is 1.10 bits per heavy atom. The van der Waals surface area contributed by atoms with Gasteiger partial charge >= 0.3 is 0 Å². The number of aromatic nitrogens is 3. The Kier molecular flexibility index (Phi) is 6.90. The minimum Gasteiger partial charge on any atom is -0.333 e. The number of rotatable bonds is 8. The Morgan fingerprint density at radius 3 is 2.60 bits per heavy atom. The molecule has 0 fully saturated rings. The summed E-state index contributed by atoms with van der Waals surface area (Å²) in [5.74, 6) is -0.465. The number of hydrogen-bond donors (Lipinski definition) is 1. The van der Waals surface area contributed by atoms with Crippen molar-refractivity contribution in [1.29, 1.82) is 0 Å². The molecule has 2 aromatic carbocycles. The van der Waals surface area contributed by atoms with Gasteiger partial charge in [0.15, 0.2) is 0 Å². The first kappa shape index (κ1) is 21.2. The second-order valence-corrected chi connectivity index (χ2v) is 7.06. The second-order valence-electron chi connectivity index (χ2n) is 7.06. The lowest BCUT2D eigenvalue weighted by Crippen LogP contribution is -2.39. The largest absolute Gasteiger partial charge is 0.333 e. The molecule has 0 aliphatic heterocycles. The van der Waals surface area contributed by atoms with E-state index in [1.165, 1.54) is 9.58 Å². The normalized spacial score (nSPS) is 10.7. The molecule has 156 valence electrons. The van der Waals surface area contributed by atoms with Crippen LogP contribution in [0.5, 0.6) is 0 Å². The number of carbonyl (C=O) groups is 2. The van der Waals surface area contributed by atoms with Crippen molar-refractivity contribution < 1.29 is 9.59 Å². The number of nitrogens with zero attached hydrogens (tertiary/aromatic N) is 4. The van der Waals surface area contributed by atoms with E-state index in [2.05, 4.69) is 15.6 Å². The van der Waals surface area contributed by atoms with Crippen LogP contribution in [0.15, 0.2) is 53.3 Å². The third-order valence-electron chi connectivity index (χ3n) is 4.77. The first-order valence-corrected chi connectivity index (χ1v) is 9.95. The highest BCUT2D eigenvalue weighted by Gasteiger charge is 2.17. The first-order chi connectivity index (χ1) is 14.5. The summed E-state index contributed by atoms with van der Waals surface area (Å²) in [4.78, 5) is 39.2. The van der Waals surface area contributed by atoms with E-state index in [0.29, 0.717) is 17.4 Å². The molecule has 0 radical (unpaired) electrons. The summed E-state index contributed by atoms with van der Waals surface area (Å²) in [7, 11) is 0. The minimum absolute atomic E-state index is 0.0424. The van der Waals surface area contributed by atoms with E-state index in [4.69, 9.17) is 0 Å². The van der Waals surface area contributed by atoms with Gasteiger partial charge in [0.25, 0.3) is 5.56 Å². The van der Waals surface area contributed by atoms with Crippen molar-refractivity contribution in [2.45, 2.75) is 33.2 Å². The van der Waals surface area contributed by atoms with Crippen LogP contribution in [0.1, 0.15) is 25.3 Å². The molecule has 30 heavy (non-hydrogen) atoms. The second kappa shape index (κ2) is 9.78. The fraction of sp³-hybridized carbons (Fsp3) is 0.318. The third-order valence-corrected chi connectivity index (χ3v) is 4.77. The quantitative estimate of drug-likeness (QED) is 0.618. The molecule has 0 unspecified atom stereocenters. The van der Waals surface area contributed by atoms with Gasteiger partial charge in [-0.25, -0.2) is 4.68 Å². The van der Waals surface area contributed by atoms with Gasteiger partial charge in [0, 0.05) is 18.7 Å². The first-order valence-electron chi connectivity index (χ1n) is 9.95. The molecule has 0 saturated carbocycles. The van der Waals surface area contributed by atoms with Gasteiger partial charge in [-0.05, 0) is 37.1 Å². The summed E-state index contributed by atoms with van der Waals surface area (Å²) in [6.07, 6.45) is 0.781. The standard InChI is InChI=1S/C22H25N5O3/c1-3-13-26(15-20(28)23-18-10-6-4-8-16(18)2)21(29)12-14-27-22(30)17-9-5-7-11-19(17)24-25-27/h4-11H,3,12-15H2,1-2H3,(H,23,28). The number of amides is 2. The van der Waals surface area contributed by atoms with Crippen LogP contribution < -0.4 is 10.9 Å². The monoisotopic (exact) mass is 407 g/mol. The molecular formula is C22H25N5O3.